The van der Waals surface area contributed by atoms with E-state index in [1.807, 2.05) is 54.6 Å². The van der Waals surface area contributed by atoms with Gasteiger partial charge < -0.3 is 24.3 Å². The number of carbonyl (C=O) groups is 1. The lowest BCUT2D eigenvalue weighted by Gasteiger charge is -2.28. The lowest BCUT2D eigenvalue weighted by atomic mass is 9.93. The Hall–Kier alpha value is -3.67. The first kappa shape index (κ1) is 22.1. The first-order valence-corrected chi connectivity index (χ1v) is 11.7. The summed E-state index contributed by atoms with van der Waals surface area (Å²) >= 11 is 0. The summed E-state index contributed by atoms with van der Waals surface area (Å²) in [6.45, 7) is 1.40. The third-order valence-electron chi connectivity index (χ3n) is 6.40. The van der Waals surface area contributed by atoms with Gasteiger partial charge in [-0.15, -0.1) is 0 Å². The van der Waals surface area contributed by atoms with Gasteiger partial charge in [-0.3, -0.25) is 4.79 Å². The Balaban J connectivity index is 1.34. The fourth-order valence-corrected chi connectivity index (χ4v) is 4.57. The molecule has 6 heteroatoms. The summed E-state index contributed by atoms with van der Waals surface area (Å²) in [5, 5.41) is 3.29. The van der Waals surface area contributed by atoms with E-state index in [1.54, 1.807) is 7.11 Å². The maximum Gasteiger partial charge on any atom is 0.227 e. The minimum absolute atomic E-state index is 0.0126. The predicted molar refractivity (Wildman–Crippen MR) is 129 cm³/mol. The van der Waals surface area contributed by atoms with Crippen LogP contribution in [0.15, 0.2) is 66.7 Å². The van der Waals surface area contributed by atoms with Gasteiger partial charge in [0.15, 0.2) is 23.0 Å². The molecule has 6 nitrogen and oxygen atoms in total. The van der Waals surface area contributed by atoms with Crippen LogP contribution in [0.4, 0.5) is 0 Å². The largest absolute Gasteiger partial charge is 0.493 e. The molecule has 0 saturated heterocycles. The molecule has 0 bridgehead atoms. The fourth-order valence-electron chi connectivity index (χ4n) is 4.57. The second kappa shape index (κ2) is 10.1. The molecule has 2 atom stereocenters. The van der Waals surface area contributed by atoms with Crippen molar-refractivity contribution in [2.75, 3.05) is 26.9 Å². The van der Waals surface area contributed by atoms with Crippen LogP contribution in [0.5, 0.6) is 23.0 Å². The SMILES string of the molecule is COc1cccc2c1OCC(C(=O)NC(CCc1ccccc1)c1ccc3c(c1)OCCO3)C2. The van der Waals surface area contributed by atoms with Crippen molar-refractivity contribution in [3.63, 3.8) is 0 Å². The van der Waals surface area contributed by atoms with Gasteiger partial charge >= 0.3 is 0 Å². The third-order valence-corrected chi connectivity index (χ3v) is 6.40. The van der Waals surface area contributed by atoms with Gasteiger partial charge in [-0.25, -0.2) is 0 Å². The van der Waals surface area contributed by atoms with E-state index in [1.165, 1.54) is 5.56 Å². The number of carbonyl (C=O) groups excluding carboxylic acids is 1. The number of hydrogen-bond donors (Lipinski definition) is 1. The Morgan fingerprint density at radius 3 is 2.65 bits per heavy atom. The molecule has 2 heterocycles. The molecule has 34 heavy (non-hydrogen) atoms. The van der Waals surface area contributed by atoms with Crippen molar-refractivity contribution in [3.05, 3.63) is 83.4 Å². The van der Waals surface area contributed by atoms with Crippen LogP contribution >= 0.6 is 0 Å². The number of methoxy groups -OCH3 is 1. The highest BCUT2D eigenvalue weighted by Crippen LogP contribution is 2.37. The van der Waals surface area contributed by atoms with E-state index in [0.29, 0.717) is 32.0 Å². The Labute approximate surface area is 199 Å². The van der Waals surface area contributed by atoms with E-state index in [9.17, 15) is 4.79 Å². The molecule has 5 rings (SSSR count). The van der Waals surface area contributed by atoms with Gasteiger partial charge in [-0.2, -0.15) is 0 Å². The average molecular weight is 460 g/mol. The molecule has 1 amide bonds. The zero-order valence-corrected chi connectivity index (χ0v) is 19.3. The fraction of sp³-hybridized carbons (Fsp3) is 0.321. The molecule has 3 aromatic rings. The summed E-state index contributed by atoms with van der Waals surface area (Å²) in [6.07, 6.45) is 2.24. The van der Waals surface area contributed by atoms with Gasteiger partial charge in [0.1, 0.15) is 19.8 Å². The molecule has 0 aromatic heterocycles. The zero-order valence-electron chi connectivity index (χ0n) is 19.3. The molecular formula is C28H29NO5. The number of benzene rings is 3. The lowest BCUT2D eigenvalue weighted by molar-refractivity contribution is -0.127. The normalized spacial score (nSPS) is 17.1. The standard InChI is InChI=1S/C28H29NO5/c1-31-25-9-5-8-21-16-22(18-34-27(21)25)28(30)29-23(12-10-19-6-3-2-4-7-19)20-11-13-24-26(17-20)33-15-14-32-24/h2-9,11,13,17,22-23H,10,12,14-16,18H2,1H3,(H,29,30). The van der Waals surface area contributed by atoms with Gasteiger partial charge in [-0.1, -0.05) is 48.5 Å². The first-order chi connectivity index (χ1) is 16.7. The van der Waals surface area contributed by atoms with Crippen LogP contribution in [-0.4, -0.2) is 32.8 Å². The molecule has 0 fully saturated rings. The van der Waals surface area contributed by atoms with Crippen LogP contribution in [0, 0.1) is 5.92 Å². The van der Waals surface area contributed by atoms with Crippen LogP contribution in [0.3, 0.4) is 0 Å². The number of amides is 1. The number of rotatable bonds is 7. The zero-order chi connectivity index (χ0) is 23.3. The van der Waals surface area contributed by atoms with E-state index in [4.69, 9.17) is 18.9 Å². The van der Waals surface area contributed by atoms with E-state index >= 15 is 0 Å². The van der Waals surface area contributed by atoms with Gasteiger partial charge in [-0.05, 0) is 54.2 Å². The summed E-state index contributed by atoms with van der Waals surface area (Å²) < 4.78 is 22.8. The minimum Gasteiger partial charge on any atom is -0.493 e. The molecule has 0 spiro atoms. The second-order valence-corrected chi connectivity index (χ2v) is 8.65. The number of aryl methyl sites for hydroxylation is 1. The summed E-state index contributed by atoms with van der Waals surface area (Å²) in [7, 11) is 1.63. The van der Waals surface area contributed by atoms with Crippen molar-refractivity contribution in [1.82, 2.24) is 5.32 Å². The topological polar surface area (TPSA) is 66.0 Å². The number of para-hydroxylation sites is 1. The molecule has 0 aliphatic carbocycles. The monoisotopic (exact) mass is 459 g/mol. The highest BCUT2D eigenvalue weighted by molar-refractivity contribution is 5.80. The number of fused-ring (bicyclic) bond motifs is 2. The predicted octanol–water partition coefficient (Wildman–Crippen LogP) is 4.51. The van der Waals surface area contributed by atoms with Gasteiger partial charge in [0.2, 0.25) is 5.91 Å². The second-order valence-electron chi connectivity index (χ2n) is 8.65. The van der Waals surface area contributed by atoms with Crippen molar-refractivity contribution in [2.24, 2.45) is 5.92 Å². The van der Waals surface area contributed by atoms with Crippen molar-refractivity contribution < 1.29 is 23.7 Å². The van der Waals surface area contributed by atoms with Crippen LogP contribution in [0.2, 0.25) is 0 Å². The molecule has 2 unspecified atom stereocenters. The lowest BCUT2D eigenvalue weighted by Crippen LogP contribution is -2.39. The van der Waals surface area contributed by atoms with Crippen molar-refractivity contribution in [2.45, 2.75) is 25.3 Å². The van der Waals surface area contributed by atoms with Gasteiger partial charge in [0.25, 0.3) is 0 Å². The Morgan fingerprint density at radius 2 is 1.82 bits per heavy atom. The van der Waals surface area contributed by atoms with Gasteiger partial charge in [0.05, 0.1) is 19.1 Å². The molecule has 0 saturated carbocycles. The quantitative estimate of drug-likeness (QED) is 0.563. The first-order valence-electron chi connectivity index (χ1n) is 11.7. The van der Waals surface area contributed by atoms with E-state index < -0.39 is 0 Å². The smallest absolute Gasteiger partial charge is 0.227 e. The molecular weight excluding hydrogens is 430 g/mol. The summed E-state index contributed by atoms with van der Waals surface area (Å²) in [4.78, 5) is 13.4. The molecule has 176 valence electrons. The van der Waals surface area contributed by atoms with Crippen LogP contribution < -0.4 is 24.3 Å². The minimum atomic E-state index is -0.268. The Bertz CT molecular complexity index is 1150. The summed E-state index contributed by atoms with van der Waals surface area (Å²) in [5.41, 5.74) is 3.24. The number of ether oxygens (including phenoxy) is 4. The molecule has 2 aliphatic heterocycles. The highest BCUT2D eigenvalue weighted by Gasteiger charge is 2.29. The van der Waals surface area contributed by atoms with Crippen LogP contribution in [-0.2, 0) is 17.6 Å². The summed E-state index contributed by atoms with van der Waals surface area (Å²) in [5.74, 6) is 2.63. The summed E-state index contributed by atoms with van der Waals surface area (Å²) in [6, 6.07) is 21.9. The number of nitrogens with one attached hydrogen (secondary N) is 1. The van der Waals surface area contributed by atoms with Crippen molar-refractivity contribution in [1.29, 1.82) is 0 Å². The van der Waals surface area contributed by atoms with Crippen LogP contribution in [0.25, 0.3) is 0 Å². The van der Waals surface area contributed by atoms with E-state index in [2.05, 4.69) is 17.4 Å². The van der Waals surface area contributed by atoms with Gasteiger partial charge in [0, 0.05) is 0 Å². The molecule has 2 aliphatic rings. The van der Waals surface area contributed by atoms with Crippen molar-refractivity contribution >= 4 is 5.91 Å². The molecule has 0 radical (unpaired) electrons. The molecule has 1 N–H and O–H groups in total. The Morgan fingerprint density at radius 1 is 1.00 bits per heavy atom. The van der Waals surface area contributed by atoms with E-state index in [0.717, 1.165) is 41.2 Å². The average Bonchev–Trinajstić information content (AvgIpc) is 2.90. The van der Waals surface area contributed by atoms with E-state index in [-0.39, 0.29) is 17.9 Å². The molecule has 3 aromatic carbocycles. The third kappa shape index (κ3) is 4.81. The van der Waals surface area contributed by atoms with Crippen LogP contribution in [0.1, 0.15) is 29.2 Å². The maximum absolute atomic E-state index is 13.4. The maximum atomic E-state index is 13.4. The van der Waals surface area contributed by atoms with Crippen molar-refractivity contribution in [3.8, 4) is 23.0 Å². The highest BCUT2D eigenvalue weighted by atomic mass is 16.6. The Kier molecular flexibility index (Phi) is 6.56. The number of hydrogen-bond acceptors (Lipinski definition) is 5.